The number of benzene rings is 1. The zero-order valence-electron chi connectivity index (χ0n) is 19.2. The largest absolute Gasteiger partial charge is 0.379 e. The highest BCUT2D eigenvalue weighted by Crippen LogP contribution is 2.35. The fourth-order valence-corrected chi connectivity index (χ4v) is 6.70. The van der Waals surface area contributed by atoms with Crippen molar-refractivity contribution in [3.05, 3.63) is 46.4 Å². The number of rotatable bonds is 7. The van der Waals surface area contributed by atoms with Gasteiger partial charge in [0.05, 0.1) is 35.7 Å². The van der Waals surface area contributed by atoms with Gasteiger partial charge in [0.25, 0.3) is 0 Å². The van der Waals surface area contributed by atoms with Crippen LogP contribution in [0.2, 0.25) is 0 Å². The Balaban J connectivity index is 1.63. The second-order valence-electron chi connectivity index (χ2n) is 9.13. The molecule has 0 aliphatic carbocycles. The SMILES string of the molecule is CCn1c(CN[C@H](c2cccs2)C(C)(C)C)nc2cc(S(=O)(=O)N3CCOCC3)ccc21. The molecule has 1 fully saturated rings. The van der Waals surface area contributed by atoms with E-state index in [0.717, 1.165) is 17.9 Å². The number of fused-ring (bicyclic) bond motifs is 1. The number of aromatic nitrogens is 2. The van der Waals surface area contributed by atoms with E-state index in [9.17, 15) is 8.42 Å². The lowest BCUT2D eigenvalue weighted by atomic mass is 9.86. The Morgan fingerprint density at radius 1 is 1.22 bits per heavy atom. The van der Waals surface area contributed by atoms with E-state index in [-0.39, 0.29) is 11.5 Å². The van der Waals surface area contributed by atoms with Crippen LogP contribution in [0.5, 0.6) is 0 Å². The molecule has 2 aromatic heterocycles. The van der Waals surface area contributed by atoms with Gasteiger partial charge < -0.3 is 14.6 Å². The third-order valence-corrected chi connectivity index (χ3v) is 8.71. The molecular weight excluding hydrogens is 444 g/mol. The molecule has 1 aliphatic rings. The van der Waals surface area contributed by atoms with Gasteiger partial charge in [-0.05, 0) is 42.0 Å². The van der Waals surface area contributed by atoms with Crippen molar-refractivity contribution < 1.29 is 13.2 Å². The molecule has 7 nitrogen and oxygen atoms in total. The van der Waals surface area contributed by atoms with Gasteiger partial charge in [-0.15, -0.1) is 11.3 Å². The first-order valence-corrected chi connectivity index (χ1v) is 13.4. The van der Waals surface area contributed by atoms with Crippen molar-refractivity contribution in [2.24, 2.45) is 5.41 Å². The lowest BCUT2D eigenvalue weighted by Gasteiger charge is -2.31. The summed E-state index contributed by atoms with van der Waals surface area (Å²) >= 11 is 1.76. The predicted octanol–water partition coefficient (Wildman–Crippen LogP) is 4.02. The minimum Gasteiger partial charge on any atom is -0.379 e. The van der Waals surface area contributed by atoms with Crippen molar-refractivity contribution in [2.75, 3.05) is 26.3 Å². The van der Waals surface area contributed by atoms with E-state index >= 15 is 0 Å². The van der Waals surface area contributed by atoms with E-state index in [0.29, 0.717) is 43.3 Å². The van der Waals surface area contributed by atoms with E-state index in [1.807, 2.05) is 6.07 Å². The van der Waals surface area contributed by atoms with Crippen LogP contribution in [0.15, 0.2) is 40.6 Å². The number of nitrogens with one attached hydrogen (secondary N) is 1. The van der Waals surface area contributed by atoms with Crippen LogP contribution in [0.25, 0.3) is 11.0 Å². The number of thiophene rings is 1. The molecule has 0 unspecified atom stereocenters. The third kappa shape index (κ3) is 4.63. The van der Waals surface area contributed by atoms with E-state index in [1.165, 1.54) is 9.18 Å². The van der Waals surface area contributed by atoms with Gasteiger partial charge in [-0.3, -0.25) is 0 Å². The number of sulfonamides is 1. The highest BCUT2D eigenvalue weighted by atomic mass is 32.2. The van der Waals surface area contributed by atoms with Gasteiger partial charge >= 0.3 is 0 Å². The zero-order valence-corrected chi connectivity index (χ0v) is 20.8. The topological polar surface area (TPSA) is 76.5 Å². The third-order valence-electron chi connectivity index (χ3n) is 5.88. The van der Waals surface area contributed by atoms with Crippen molar-refractivity contribution in [3.8, 4) is 0 Å². The van der Waals surface area contributed by atoms with Crippen molar-refractivity contribution >= 4 is 32.4 Å². The molecule has 174 valence electrons. The smallest absolute Gasteiger partial charge is 0.243 e. The summed E-state index contributed by atoms with van der Waals surface area (Å²) in [7, 11) is -3.55. The van der Waals surface area contributed by atoms with E-state index in [2.05, 4.69) is 55.1 Å². The van der Waals surface area contributed by atoms with Gasteiger partial charge in [-0.25, -0.2) is 13.4 Å². The second-order valence-corrected chi connectivity index (χ2v) is 12.1. The minimum atomic E-state index is -3.55. The average molecular weight is 477 g/mol. The molecule has 0 spiro atoms. The maximum absolute atomic E-state index is 13.1. The van der Waals surface area contributed by atoms with Gasteiger partial charge in [0, 0.05) is 30.6 Å². The van der Waals surface area contributed by atoms with Gasteiger partial charge in [0.15, 0.2) is 0 Å². The van der Waals surface area contributed by atoms with Crippen LogP contribution in [0.4, 0.5) is 0 Å². The molecule has 1 atom stereocenters. The number of hydrogen-bond donors (Lipinski definition) is 1. The fourth-order valence-electron chi connectivity index (χ4n) is 4.23. The summed E-state index contributed by atoms with van der Waals surface area (Å²) < 4.78 is 35.1. The van der Waals surface area contributed by atoms with Crippen LogP contribution in [0, 0.1) is 5.41 Å². The molecule has 0 bridgehead atoms. The van der Waals surface area contributed by atoms with Crippen LogP contribution >= 0.6 is 11.3 Å². The first-order chi connectivity index (χ1) is 15.2. The number of morpholine rings is 1. The Morgan fingerprint density at radius 2 is 1.97 bits per heavy atom. The lowest BCUT2D eigenvalue weighted by Crippen LogP contribution is -2.40. The molecule has 1 N–H and O–H groups in total. The van der Waals surface area contributed by atoms with Crippen molar-refractivity contribution in [2.45, 2.75) is 51.7 Å². The highest BCUT2D eigenvalue weighted by Gasteiger charge is 2.29. The van der Waals surface area contributed by atoms with Crippen LogP contribution < -0.4 is 5.32 Å². The van der Waals surface area contributed by atoms with Crippen molar-refractivity contribution in [1.29, 1.82) is 0 Å². The summed E-state index contributed by atoms with van der Waals surface area (Å²) in [4.78, 5) is 6.43. The Hall–Kier alpha value is -1.78. The van der Waals surface area contributed by atoms with E-state index < -0.39 is 10.0 Å². The Labute approximate surface area is 194 Å². The maximum atomic E-state index is 13.1. The minimum absolute atomic E-state index is 0.0489. The normalized spacial score (nSPS) is 17.1. The summed E-state index contributed by atoms with van der Waals surface area (Å²) in [6, 6.07) is 9.73. The Bertz CT molecular complexity index is 1160. The summed E-state index contributed by atoms with van der Waals surface area (Å²) in [5.41, 5.74) is 1.71. The number of aryl methyl sites for hydroxylation is 1. The molecule has 0 radical (unpaired) electrons. The zero-order chi connectivity index (χ0) is 22.9. The summed E-state index contributed by atoms with van der Waals surface area (Å²) in [5, 5.41) is 5.80. The quantitative estimate of drug-likeness (QED) is 0.557. The molecule has 1 aliphatic heterocycles. The maximum Gasteiger partial charge on any atom is 0.243 e. The Morgan fingerprint density at radius 3 is 2.59 bits per heavy atom. The highest BCUT2D eigenvalue weighted by molar-refractivity contribution is 7.89. The summed E-state index contributed by atoms with van der Waals surface area (Å²) in [6.45, 7) is 11.8. The van der Waals surface area contributed by atoms with Crippen LogP contribution in [-0.4, -0.2) is 48.6 Å². The van der Waals surface area contributed by atoms with Gasteiger partial charge in [0.1, 0.15) is 5.82 Å². The number of imidazole rings is 1. The lowest BCUT2D eigenvalue weighted by molar-refractivity contribution is 0.0730. The van der Waals surface area contributed by atoms with E-state index in [1.54, 1.807) is 23.5 Å². The van der Waals surface area contributed by atoms with Gasteiger partial charge in [-0.1, -0.05) is 26.8 Å². The second kappa shape index (κ2) is 9.23. The fraction of sp³-hybridized carbons (Fsp3) is 0.522. The monoisotopic (exact) mass is 476 g/mol. The molecule has 32 heavy (non-hydrogen) atoms. The predicted molar refractivity (Wildman–Crippen MR) is 128 cm³/mol. The molecule has 3 aromatic rings. The molecule has 1 aromatic carbocycles. The standard InChI is InChI=1S/C23H32N4O3S2/c1-5-27-19-9-8-17(32(28,29)26-10-12-30-13-11-26)15-18(19)25-21(27)16-24-22(23(2,3)4)20-7-6-14-31-20/h6-9,14-15,22,24H,5,10-13,16H2,1-4H3/t22-/m1/s1. The van der Waals surface area contributed by atoms with Gasteiger partial charge in [-0.2, -0.15) is 4.31 Å². The number of nitrogens with zero attached hydrogens (tertiary/aromatic N) is 3. The van der Waals surface area contributed by atoms with E-state index in [4.69, 9.17) is 9.72 Å². The Kier molecular flexibility index (Phi) is 6.74. The molecule has 1 saturated heterocycles. The molecular formula is C23H32N4O3S2. The summed E-state index contributed by atoms with van der Waals surface area (Å²) in [6.07, 6.45) is 0. The van der Waals surface area contributed by atoms with Crippen LogP contribution in [0.1, 0.15) is 44.4 Å². The first kappa shape index (κ1) is 23.4. The molecule has 9 heteroatoms. The number of ether oxygens (including phenoxy) is 1. The molecule has 3 heterocycles. The van der Waals surface area contributed by atoms with Crippen molar-refractivity contribution in [1.82, 2.24) is 19.2 Å². The van der Waals surface area contributed by atoms with Gasteiger partial charge in [0.2, 0.25) is 10.0 Å². The average Bonchev–Trinajstić information content (AvgIpc) is 3.40. The van der Waals surface area contributed by atoms with Crippen molar-refractivity contribution in [3.63, 3.8) is 0 Å². The molecule has 0 saturated carbocycles. The molecule has 4 rings (SSSR count). The van der Waals surface area contributed by atoms with Crippen LogP contribution in [-0.2, 0) is 27.8 Å². The first-order valence-electron chi connectivity index (χ1n) is 11.1. The summed E-state index contributed by atoms with van der Waals surface area (Å²) in [5.74, 6) is 0.911. The van der Waals surface area contributed by atoms with Crippen LogP contribution in [0.3, 0.4) is 0 Å². The molecule has 0 amide bonds. The number of hydrogen-bond acceptors (Lipinski definition) is 6.